The van der Waals surface area contributed by atoms with Crippen molar-refractivity contribution in [2.24, 2.45) is 0 Å². The molecule has 0 unspecified atom stereocenters. The predicted molar refractivity (Wildman–Crippen MR) is 115 cm³/mol. The minimum atomic E-state index is -3.78. The average molecular weight is 434 g/mol. The van der Waals surface area contributed by atoms with E-state index in [0.29, 0.717) is 18.3 Å². The summed E-state index contributed by atoms with van der Waals surface area (Å²) in [6.45, 7) is 0.664. The van der Waals surface area contributed by atoms with E-state index in [-0.39, 0.29) is 10.5 Å². The van der Waals surface area contributed by atoms with Gasteiger partial charge in [-0.3, -0.25) is 9.69 Å². The van der Waals surface area contributed by atoms with E-state index >= 15 is 0 Å². The Balaban J connectivity index is 1.80. The normalized spacial score (nSPS) is 15.3. The molecule has 30 heavy (non-hydrogen) atoms. The second kappa shape index (κ2) is 9.68. The van der Waals surface area contributed by atoms with Gasteiger partial charge in [-0.1, -0.05) is 37.5 Å². The summed E-state index contributed by atoms with van der Waals surface area (Å²) >= 11 is 0. The molecule has 0 saturated heterocycles. The van der Waals surface area contributed by atoms with Gasteiger partial charge in [-0.15, -0.1) is 0 Å². The molecule has 2 aromatic rings. The zero-order chi connectivity index (χ0) is 21.7. The van der Waals surface area contributed by atoms with Gasteiger partial charge in [0.1, 0.15) is 5.82 Å². The van der Waals surface area contributed by atoms with Crippen LogP contribution in [0.25, 0.3) is 0 Å². The molecule has 1 aliphatic rings. The summed E-state index contributed by atoms with van der Waals surface area (Å²) in [5.74, 6) is -1.47. The highest BCUT2D eigenvalue weighted by molar-refractivity contribution is 7.89. The number of anilines is 1. The number of carbonyl (C=O) groups excluding carboxylic acids is 1. The summed E-state index contributed by atoms with van der Waals surface area (Å²) in [4.78, 5) is 14.9. The Morgan fingerprint density at radius 2 is 1.83 bits per heavy atom. The number of hydrogen-bond acceptors (Lipinski definition) is 4. The highest BCUT2D eigenvalue weighted by atomic mass is 32.2. The zero-order valence-corrected chi connectivity index (χ0v) is 18.1. The predicted octanol–water partition coefficient (Wildman–Crippen LogP) is 3.75. The summed E-state index contributed by atoms with van der Waals surface area (Å²) in [6, 6.07) is 11.1. The van der Waals surface area contributed by atoms with Crippen LogP contribution in [0.15, 0.2) is 47.4 Å². The molecule has 0 aromatic heterocycles. The van der Waals surface area contributed by atoms with Gasteiger partial charge in [-0.05, 0) is 56.8 Å². The SMILES string of the molecule is CNS(=O)(=O)c1ccc(F)c(C(=O)Nc2ccccc2CN(C)C2CCCCC2)c1. The standard InChI is InChI=1S/C22H28FN3O3S/c1-24-30(28,29)18-12-13-20(23)19(14-18)22(27)25-21-11-7-6-8-16(21)15-26(2)17-9-4-3-5-10-17/h6-8,11-14,17,24H,3-5,9-10,15H2,1-2H3,(H,25,27). The Kier molecular flexibility index (Phi) is 7.23. The lowest BCUT2D eigenvalue weighted by atomic mass is 9.94. The van der Waals surface area contributed by atoms with Crippen molar-refractivity contribution in [3.8, 4) is 0 Å². The molecule has 1 fully saturated rings. The zero-order valence-electron chi connectivity index (χ0n) is 17.3. The first-order valence-corrected chi connectivity index (χ1v) is 11.6. The molecule has 2 aromatic carbocycles. The van der Waals surface area contributed by atoms with Crippen LogP contribution in [0.1, 0.15) is 48.0 Å². The monoisotopic (exact) mass is 433 g/mol. The van der Waals surface area contributed by atoms with Crippen LogP contribution in [0.4, 0.5) is 10.1 Å². The molecule has 8 heteroatoms. The third-order valence-corrected chi connectivity index (χ3v) is 7.06. The van der Waals surface area contributed by atoms with E-state index in [1.54, 1.807) is 12.1 Å². The second-order valence-corrected chi connectivity index (χ2v) is 9.55. The molecule has 162 valence electrons. The molecule has 0 spiro atoms. The quantitative estimate of drug-likeness (QED) is 0.697. The molecule has 3 rings (SSSR count). The van der Waals surface area contributed by atoms with Crippen LogP contribution in [-0.2, 0) is 16.6 Å². The van der Waals surface area contributed by atoms with Crippen molar-refractivity contribution >= 4 is 21.6 Å². The number of nitrogens with zero attached hydrogens (tertiary/aromatic N) is 1. The van der Waals surface area contributed by atoms with E-state index < -0.39 is 21.7 Å². The lowest BCUT2D eigenvalue weighted by Gasteiger charge is -2.31. The maximum absolute atomic E-state index is 14.3. The van der Waals surface area contributed by atoms with Gasteiger partial charge in [0.2, 0.25) is 10.0 Å². The van der Waals surface area contributed by atoms with Crippen molar-refractivity contribution in [3.63, 3.8) is 0 Å². The first-order chi connectivity index (χ1) is 14.3. The fraction of sp³-hybridized carbons (Fsp3) is 0.409. The molecular formula is C22H28FN3O3S. The smallest absolute Gasteiger partial charge is 0.258 e. The molecule has 0 heterocycles. The fourth-order valence-corrected chi connectivity index (χ4v) is 4.61. The molecule has 0 atom stereocenters. The van der Waals surface area contributed by atoms with E-state index in [2.05, 4.69) is 22.0 Å². The second-order valence-electron chi connectivity index (χ2n) is 7.67. The minimum Gasteiger partial charge on any atom is -0.322 e. The van der Waals surface area contributed by atoms with Crippen molar-refractivity contribution in [2.75, 3.05) is 19.4 Å². The Hall–Kier alpha value is -2.29. The molecule has 0 aliphatic heterocycles. The molecule has 1 aliphatic carbocycles. The number of para-hydroxylation sites is 1. The number of sulfonamides is 1. The van der Waals surface area contributed by atoms with Gasteiger partial charge in [-0.25, -0.2) is 17.5 Å². The lowest BCUT2D eigenvalue weighted by Crippen LogP contribution is -2.33. The van der Waals surface area contributed by atoms with Gasteiger partial charge < -0.3 is 5.32 Å². The van der Waals surface area contributed by atoms with Gasteiger partial charge in [-0.2, -0.15) is 0 Å². The van der Waals surface area contributed by atoms with Crippen LogP contribution in [-0.4, -0.2) is 39.4 Å². The fourth-order valence-electron chi connectivity index (χ4n) is 3.85. The van der Waals surface area contributed by atoms with Crippen LogP contribution >= 0.6 is 0 Å². The van der Waals surface area contributed by atoms with E-state index in [0.717, 1.165) is 23.8 Å². The number of nitrogens with one attached hydrogen (secondary N) is 2. The summed E-state index contributed by atoms with van der Waals surface area (Å²) in [5, 5.41) is 2.75. The molecule has 0 radical (unpaired) electrons. The maximum Gasteiger partial charge on any atom is 0.258 e. The van der Waals surface area contributed by atoms with Gasteiger partial charge in [0, 0.05) is 18.3 Å². The minimum absolute atomic E-state index is 0.165. The Bertz CT molecular complexity index is 1000. The molecule has 0 bridgehead atoms. The topological polar surface area (TPSA) is 78.5 Å². The van der Waals surface area contributed by atoms with Crippen molar-refractivity contribution in [3.05, 3.63) is 59.4 Å². The van der Waals surface area contributed by atoms with E-state index in [1.807, 2.05) is 12.1 Å². The number of rotatable bonds is 7. The maximum atomic E-state index is 14.3. The van der Waals surface area contributed by atoms with E-state index in [9.17, 15) is 17.6 Å². The highest BCUT2D eigenvalue weighted by Gasteiger charge is 2.21. The Morgan fingerprint density at radius 1 is 1.13 bits per heavy atom. The highest BCUT2D eigenvalue weighted by Crippen LogP contribution is 2.25. The van der Waals surface area contributed by atoms with Crippen molar-refractivity contribution in [1.82, 2.24) is 9.62 Å². The molecular weight excluding hydrogens is 405 g/mol. The van der Waals surface area contributed by atoms with Crippen molar-refractivity contribution < 1.29 is 17.6 Å². The number of hydrogen-bond donors (Lipinski definition) is 2. The lowest BCUT2D eigenvalue weighted by molar-refractivity contribution is 0.102. The summed E-state index contributed by atoms with van der Waals surface area (Å²) < 4.78 is 40.5. The molecule has 1 amide bonds. The largest absolute Gasteiger partial charge is 0.322 e. The molecule has 2 N–H and O–H groups in total. The third-order valence-electron chi connectivity index (χ3n) is 5.64. The third kappa shape index (κ3) is 5.24. The molecule has 1 saturated carbocycles. The Labute approximate surface area is 177 Å². The van der Waals surface area contributed by atoms with Gasteiger partial charge >= 0.3 is 0 Å². The summed E-state index contributed by atoms with van der Waals surface area (Å²) in [6.07, 6.45) is 6.09. The molecule has 6 nitrogen and oxygen atoms in total. The van der Waals surface area contributed by atoms with Gasteiger partial charge in [0.05, 0.1) is 10.5 Å². The number of halogens is 1. The number of carbonyl (C=O) groups is 1. The van der Waals surface area contributed by atoms with Crippen LogP contribution in [0, 0.1) is 5.82 Å². The summed E-state index contributed by atoms with van der Waals surface area (Å²) in [7, 11) is -0.439. The van der Waals surface area contributed by atoms with Crippen LogP contribution in [0.5, 0.6) is 0 Å². The van der Waals surface area contributed by atoms with Gasteiger partial charge in [0.15, 0.2) is 0 Å². The van der Waals surface area contributed by atoms with E-state index in [4.69, 9.17) is 0 Å². The number of benzene rings is 2. The van der Waals surface area contributed by atoms with Crippen LogP contribution < -0.4 is 10.0 Å². The van der Waals surface area contributed by atoms with Crippen molar-refractivity contribution in [1.29, 1.82) is 0 Å². The van der Waals surface area contributed by atoms with E-state index in [1.165, 1.54) is 39.2 Å². The summed E-state index contributed by atoms with van der Waals surface area (Å²) in [5.41, 5.74) is 1.20. The first-order valence-electron chi connectivity index (χ1n) is 10.1. The van der Waals surface area contributed by atoms with Crippen LogP contribution in [0.2, 0.25) is 0 Å². The van der Waals surface area contributed by atoms with Crippen molar-refractivity contribution in [2.45, 2.75) is 49.6 Å². The Morgan fingerprint density at radius 3 is 2.53 bits per heavy atom. The van der Waals surface area contributed by atoms with Gasteiger partial charge in [0.25, 0.3) is 5.91 Å². The van der Waals surface area contributed by atoms with Crippen LogP contribution in [0.3, 0.4) is 0 Å². The number of amides is 1. The first kappa shape index (κ1) is 22.4. The average Bonchev–Trinajstić information content (AvgIpc) is 2.75.